The van der Waals surface area contributed by atoms with Crippen molar-refractivity contribution in [2.45, 2.75) is 13.8 Å². The number of nitrogens with one attached hydrogen (secondary N) is 1. The maximum absolute atomic E-state index is 11.8. The molecule has 2 aromatic heterocycles. The van der Waals surface area contributed by atoms with Crippen molar-refractivity contribution in [2.75, 3.05) is 11.9 Å². The first-order valence-corrected chi connectivity index (χ1v) is 6.87. The van der Waals surface area contributed by atoms with Crippen LogP contribution in [0.1, 0.15) is 11.7 Å². The molecule has 0 aliphatic carbocycles. The average molecular weight is 314 g/mol. The van der Waals surface area contributed by atoms with Crippen molar-refractivity contribution in [3.63, 3.8) is 0 Å². The zero-order valence-corrected chi connectivity index (χ0v) is 12.6. The van der Waals surface area contributed by atoms with Gasteiger partial charge in [0.15, 0.2) is 12.4 Å². The van der Waals surface area contributed by atoms with E-state index < -0.39 is 0 Å². The molecule has 23 heavy (non-hydrogen) atoms. The third-order valence-electron chi connectivity index (χ3n) is 2.89. The maximum Gasteiger partial charge on any atom is 0.263 e. The summed E-state index contributed by atoms with van der Waals surface area (Å²) in [5, 5.41) is 10.1. The van der Waals surface area contributed by atoms with E-state index in [9.17, 15) is 4.79 Å². The van der Waals surface area contributed by atoms with Crippen LogP contribution in [-0.4, -0.2) is 27.8 Å². The highest BCUT2D eigenvalue weighted by atomic mass is 16.5. The molecule has 8 nitrogen and oxygen atoms in total. The molecule has 3 rings (SSSR count). The van der Waals surface area contributed by atoms with Crippen LogP contribution in [-0.2, 0) is 4.79 Å². The van der Waals surface area contributed by atoms with Crippen molar-refractivity contribution in [1.82, 2.24) is 15.3 Å². The molecule has 0 atom stereocenters. The van der Waals surface area contributed by atoms with Crippen molar-refractivity contribution in [2.24, 2.45) is 0 Å². The highest BCUT2D eigenvalue weighted by Gasteiger charge is 2.09. The fourth-order valence-corrected chi connectivity index (χ4v) is 1.89. The number of benzene rings is 1. The van der Waals surface area contributed by atoms with Gasteiger partial charge in [-0.05, 0) is 19.1 Å². The van der Waals surface area contributed by atoms with Gasteiger partial charge in [0, 0.05) is 18.6 Å². The first-order valence-electron chi connectivity index (χ1n) is 6.87. The molecule has 0 bridgehead atoms. The lowest BCUT2D eigenvalue weighted by Gasteiger charge is -2.06. The lowest BCUT2D eigenvalue weighted by atomic mass is 10.2. The molecule has 8 heteroatoms. The number of ether oxygens (including phenoxy) is 1. The van der Waals surface area contributed by atoms with Crippen molar-refractivity contribution in [3.8, 4) is 17.1 Å². The van der Waals surface area contributed by atoms with Crippen molar-refractivity contribution >= 4 is 11.7 Å². The summed E-state index contributed by atoms with van der Waals surface area (Å²) in [4.78, 5) is 15.9. The quantitative estimate of drug-likeness (QED) is 0.771. The minimum Gasteiger partial charge on any atom is -0.484 e. The van der Waals surface area contributed by atoms with Crippen LogP contribution in [0.15, 0.2) is 39.4 Å². The highest BCUT2D eigenvalue weighted by Crippen LogP contribution is 2.21. The first kappa shape index (κ1) is 14.8. The third-order valence-corrected chi connectivity index (χ3v) is 2.89. The van der Waals surface area contributed by atoms with Crippen LogP contribution < -0.4 is 10.1 Å². The van der Waals surface area contributed by atoms with E-state index in [4.69, 9.17) is 13.8 Å². The van der Waals surface area contributed by atoms with Crippen LogP contribution in [0.3, 0.4) is 0 Å². The summed E-state index contributed by atoms with van der Waals surface area (Å²) in [7, 11) is 0. The number of carbonyl (C=O) groups excluding carboxylic acids is 1. The minimum atomic E-state index is -0.334. The van der Waals surface area contributed by atoms with Crippen LogP contribution in [0.2, 0.25) is 0 Å². The van der Waals surface area contributed by atoms with E-state index in [1.54, 1.807) is 38.1 Å². The van der Waals surface area contributed by atoms with Crippen LogP contribution in [0, 0.1) is 13.8 Å². The number of aryl methyl sites for hydroxylation is 2. The molecule has 2 heterocycles. The molecule has 0 aliphatic rings. The molecule has 0 saturated heterocycles. The fourth-order valence-electron chi connectivity index (χ4n) is 1.89. The van der Waals surface area contributed by atoms with Gasteiger partial charge in [-0.15, -0.1) is 0 Å². The summed E-state index contributed by atoms with van der Waals surface area (Å²) >= 11 is 0. The number of hydrogen-bond acceptors (Lipinski definition) is 7. The molecule has 118 valence electrons. The Morgan fingerprint density at radius 1 is 1.22 bits per heavy atom. The summed E-state index contributed by atoms with van der Waals surface area (Å²) < 4.78 is 15.3. The number of carbonyl (C=O) groups is 1. The Hall–Kier alpha value is -3.16. The standard InChI is InChI=1S/C15H14N4O4/c1-9-6-13(18-22-9)17-14(20)8-21-12-5-3-4-11(7-12)15-16-10(2)23-19-15/h3-7H,8H2,1-2H3,(H,17,18,20). The molecule has 3 aromatic rings. The van der Waals surface area contributed by atoms with Crippen LogP contribution in [0.25, 0.3) is 11.4 Å². The molecule has 0 saturated carbocycles. The SMILES string of the molecule is Cc1cc(NC(=O)COc2cccc(-c3noc(C)n3)c2)no1. The summed E-state index contributed by atoms with van der Waals surface area (Å²) in [5.41, 5.74) is 0.742. The number of nitrogens with zero attached hydrogens (tertiary/aromatic N) is 3. The summed E-state index contributed by atoms with van der Waals surface area (Å²) in [6, 6.07) is 8.71. The lowest BCUT2D eigenvalue weighted by molar-refractivity contribution is -0.118. The van der Waals surface area contributed by atoms with Gasteiger partial charge in [0.25, 0.3) is 5.91 Å². The molecule has 1 N–H and O–H groups in total. The van der Waals surface area contributed by atoms with Gasteiger partial charge in [0.1, 0.15) is 11.5 Å². The maximum atomic E-state index is 11.8. The van der Waals surface area contributed by atoms with Gasteiger partial charge in [-0.2, -0.15) is 4.98 Å². The smallest absolute Gasteiger partial charge is 0.263 e. The Balaban J connectivity index is 1.61. The zero-order valence-electron chi connectivity index (χ0n) is 12.6. The molecule has 0 spiro atoms. The Labute approximate surface area is 131 Å². The van der Waals surface area contributed by atoms with Gasteiger partial charge < -0.3 is 19.1 Å². The second kappa shape index (κ2) is 6.30. The average Bonchev–Trinajstić information content (AvgIpc) is 3.14. The van der Waals surface area contributed by atoms with E-state index in [0.29, 0.717) is 29.0 Å². The molecule has 0 unspecified atom stereocenters. The van der Waals surface area contributed by atoms with E-state index in [-0.39, 0.29) is 12.5 Å². The first-order chi connectivity index (χ1) is 11.1. The van der Waals surface area contributed by atoms with Gasteiger partial charge in [0.05, 0.1) is 0 Å². The van der Waals surface area contributed by atoms with E-state index >= 15 is 0 Å². The van der Waals surface area contributed by atoms with Crippen LogP contribution in [0.4, 0.5) is 5.82 Å². The monoisotopic (exact) mass is 314 g/mol. The van der Waals surface area contributed by atoms with Gasteiger partial charge in [0.2, 0.25) is 11.7 Å². The van der Waals surface area contributed by atoms with E-state index in [0.717, 1.165) is 5.56 Å². The topological polar surface area (TPSA) is 103 Å². The number of hydrogen-bond donors (Lipinski definition) is 1. The number of anilines is 1. The predicted octanol–water partition coefficient (Wildman–Crippen LogP) is 2.36. The molecule has 1 amide bonds. The second-order valence-corrected chi connectivity index (χ2v) is 4.82. The van der Waals surface area contributed by atoms with Crippen molar-refractivity contribution in [1.29, 1.82) is 0 Å². The van der Waals surface area contributed by atoms with Crippen molar-refractivity contribution < 1.29 is 18.6 Å². The molecular formula is C15H14N4O4. The molecule has 0 radical (unpaired) electrons. The van der Waals surface area contributed by atoms with Gasteiger partial charge in [-0.3, -0.25) is 4.79 Å². The van der Waals surface area contributed by atoms with E-state index in [2.05, 4.69) is 20.6 Å². The summed E-state index contributed by atoms with van der Waals surface area (Å²) in [5.74, 6) is 2.11. The third kappa shape index (κ3) is 3.73. The van der Waals surface area contributed by atoms with Crippen molar-refractivity contribution in [3.05, 3.63) is 42.0 Å². The minimum absolute atomic E-state index is 0.152. The Morgan fingerprint density at radius 3 is 2.78 bits per heavy atom. The fraction of sp³-hybridized carbons (Fsp3) is 0.200. The van der Waals surface area contributed by atoms with E-state index in [1.165, 1.54) is 0 Å². The summed E-state index contributed by atoms with van der Waals surface area (Å²) in [6.07, 6.45) is 0. The Morgan fingerprint density at radius 2 is 2.09 bits per heavy atom. The molecular weight excluding hydrogens is 300 g/mol. The molecule has 0 fully saturated rings. The van der Waals surface area contributed by atoms with Crippen LogP contribution in [0.5, 0.6) is 5.75 Å². The zero-order chi connectivity index (χ0) is 16.2. The highest BCUT2D eigenvalue weighted by molar-refractivity contribution is 5.90. The number of rotatable bonds is 5. The Bertz CT molecular complexity index is 824. The van der Waals surface area contributed by atoms with E-state index in [1.807, 2.05) is 6.07 Å². The van der Waals surface area contributed by atoms with Gasteiger partial charge in [-0.1, -0.05) is 22.4 Å². The lowest BCUT2D eigenvalue weighted by Crippen LogP contribution is -2.20. The summed E-state index contributed by atoms with van der Waals surface area (Å²) in [6.45, 7) is 3.30. The molecule has 1 aromatic carbocycles. The second-order valence-electron chi connectivity index (χ2n) is 4.82. The number of aromatic nitrogens is 3. The molecule has 0 aliphatic heterocycles. The normalized spacial score (nSPS) is 10.5. The number of amides is 1. The van der Waals surface area contributed by atoms with Gasteiger partial charge >= 0.3 is 0 Å². The Kier molecular flexibility index (Phi) is 4.05. The van der Waals surface area contributed by atoms with Crippen LogP contribution >= 0.6 is 0 Å². The predicted molar refractivity (Wildman–Crippen MR) is 79.8 cm³/mol. The van der Waals surface area contributed by atoms with Gasteiger partial charge in [-0.25, -0.2) is 0 Å². The largest absolute Gasteiger partial charge is 0.484 e.